The Morgan fingerprint density at radius 3 is 2.62 bits per heavy atom. The van der Waals surface area contributed by atoms with Gasteiger partial charge in [-0.25, -0.2) is 27.7 Å². The highest BCUT2D eigenvalue weighted by molar-refractivity contribution is 7.88. The molecule has 0 bridgehead atoms. The predicted molar refractivity (Wildman–Crippen MR) is 110 cm³/mol. The molecule has 29 heavy (non-hydrogen) atoms. The third-order valence-corrected chi connectivity index (χ3v) is 6.76. The molecule has 0 amide bonds. The monoisotopic (exact) mass is 413 g/mol. The van der Waals surface area contributed by atoms with Gasteiger partial charge in [-0.3, -0.25) is 4.79 Å². The van der Waals surface area contributed by atoms with Gasteiger partial charge in [0.2, 0.25) is 10.0 Å². The first-order valence-electron chi connectivity index (χ1n) is 9.51. The van der Waals surface area contributed by atoms with Crippen molar-refractivity contribution < 1.29 is 13.2 Å². The summed E-state index contributed by atoms with van der Waals surface area (Å²) in [4.78, 5) is 25.8. The van der Waals surface area contributed by atoms with Gasteiger partial charge in [-0.05, 0) is 18.9 Å². The molecule has 1 fully saturated rings. The number of hydrogen-bond acceptors (Lipinski definition) is 6. The lowest BCUT2D eigenvalue weighted by Gasteiger charge is -2.29. The molecule has 1 aliphatic rings. The van der Waals surface area contributed by atoms with Crippen molar-refractivity contribution in [3.8, 4) is 11.3 Å². The minimum Gasteiger partial charge on any atom is -0.334 e. The summed E-state index contributed by atoms with van der Waals surface area (Å²) in [5, 5.41) is 0.911. The summed E-state index contributed by atoms with van der Waals surface area (Å²) in [7, 11) is -1.26. The largest absolute Gasteiger partial charge is 0.334 e. The third kappa shape index (κ3) is 4.20. The van der Waals surface area contributed by atoms with E-state index in [1.807, 2.05) is 29.8 Å². The first kappa shape index (κ1) is 19.7. The number of imidazole rings is 1. The molecule has 2 aromatic heterocycles. The molecule has 0 saturated carbocycles. The minimum absolute atomic E-state index is 0.0697. The summed E-state index contributed by atoms with van der Waals surface area (Å²) >= 11 is 0. The number of Topliss-reactive ketones (excluding diaryl/α,β-unsaturated/α-hetero) is 1. The summed E-state index contributed by atoms with van der Waals surface area (Å²) < 4.78 is 26.6. The molecule has 3 heterocycles. The topological polar surface area (TPSA) is 98.0 Å². The Hall–Kier alpha value is -2.65. The van der Waals surface area contributed by atoms with E-state index in [1.54, 1.807) is 18.7 Å². The highest BCUT2D eigenvalue weighted by atomic mass is 32.2. The van der Waals surface area contributed by atoms with Gasteiger partial charge >= 0.3 is 0 Å². The van der Waals surface area contributed by atoms with Crippen LogP contribution in [0.2, 0.25) is 0 Å². The van der Waals surface area contributed by atoms with Crippen LogP contribution in [-0.2, 0) is 28.3 Å². The summed E-state index contributed by atoms with van der Waals surface area (Å²) in [6.45, 7) is 0.782. The molecule has 0 aliphatic carbocycles. The molecule has 0 N–H and O–H groups in total. The van der Waals surface area contributed by atoms with Crippen LogP contribution in [0.3, 0.4) is 0 Å². The van der Waals surface area contributed by atoms with Crippen LogP contribution >= 0.6 is 0 Å². The lowest BCUT2D eigenvalue weighted by molar-refractivity contribution is -0.123. The number of piperidine rings is 1. The second-order valence-corrected chi connectivity index (χ2v) is 9.51. The number of ketones is 1. The summed E-state index contributed by atoms with van der Waals surface area (Å²) in [6, 6.07) is 5.94. The maximum atomic E-state index is 12.7. The summed E-state index contributed by atoms with van der Waals surface area (Å²) in [5.41, 5.74) is 2.77. The molecule has 0 atom stereocenters. The van der Waals surface area contributed by atoms with Crippen molar-refractivity contribution in [1.82, 2.24) is 23.8 Å². The van der Waals surface area contributed by atoms with E-state index in [0.29, 0.717) is 31.8 Å². The standard InChI is InChI=1S/C20H23N5O3S/c1-24-13-21-12-18(24)15-3-4-16-11-22-20(23-17(16)9-15)10-19(26)14-5-7-25(8-6-14)29(2,27)28/h3-4,9,11-14H,5-8,10H2,1-2H3. The lowest BCUT2D eigenvalue weighted by Crippen LogP contribution is -2.40. The van der Waals surface area contributed by atoms with Gasteiger partial charge < -0.3 is 4.57 Å². The number of aromatic nitrogens is 4. The van der Waals surface area contributed by atoms with Gasteiger partial charge in [0.25, 0.3) is 0 Å². The second-order valence-electron chi connectivity index (χ2n) is 7.53. The highest BCUT2D eigenvalue weighted by Crippen LogP contribution is 2.24. The summed E-state index contributed by atoms with van der Waals surface area (Å²) in [6.07, 6.45) is 7.75. The predicted octanol–water partition coefficient (Wildman–Crippen LogP) is 1.81. The van der Waals surface area contributed by atoms with Crippen LogP contribution < -0.4 is 0 Å². The van der Waals surface area contributed by atoms with E-state index in [9.17, 15) is 13.2 Å². The molecular weight excluding hydrogens is 390 g/mol. The molecule has 152 valence electrons. The highest BCUT2D eigenvalue weighted by Gasteiger charge is 2.29. The van der Waals surface area contributed by atoms with Crippen molar-refractivity contribution in [3.63, 3.8) is 0 Å². The fourth-order valence-corrected chi connectivity index (χ4v) is 4.63. The lowest BCUT2D eigenvalue weighted by atomic mass is 9.92. The maximum absolute atomic E-state index is 12.7. The second kappa shape index (κ2) is 7.64. The average Bonchev–Trinajstić information content (AvgIpc) is 3.13. The van der Waals surface area contributed by atoms with Gasteiger partial charge in [-0.2, -0.15) is 0 Å². The molecule has 4 rings (SSSR count). The van der Waals surface area contributed by atoms with E-state index >= 15 is 0 Å². The van der Waals surface area contributed by atoms with E-state index in [2.05, 4.69) is 15.0 Å². The van der Waals surface area contributed by atoms with Gasteiger partial charge in [0.05, 0.1) is 36.4 Å². The van der Waals surface area contributed by atoms with Gasteiger partial charge in [-0.15, -0.1) is 0 Å². The Morgan fingerprint density at radius 1 is 1.21 bits per heavy atom. The van der Waals surface area contributed by atoms with Crippen LogP contribution in [0.25, 0.3) is 22.2 Å². The fraction of sp³-hybridized carbons (Fsp3) is 0.400. The third-order valence-electron chi connectivity index (χ3n) is 5.46. The van der Waals surface area contributed by atoms with E-state index in [-0.39, 0.29) is 18.1 Å². The van der Waals surface area contributed by atoms with Gasteiger partial charge in [-0.1, -0.05) is 12.1 Å². The number of carbonyl (C=O) groups excluding carboxylic acids is 1. The van der Waals surface area contributed by atoms with Crippen molar-refractivity contribution in [2.75, 3.05) is 19.3 Å². The van der Waals surface area contributed by atoms with Crippen LogP contribution in [0.4, 0.5) is 0 Å². The van der Waals surface area contributed by atoms with Gasteiger partial charge in [0.15, 0.2) is 0 Å². The number of fused-ring (bicyclic) bond motifs is 1. The first-order chi connectivity index (χ1) is 13.8. The maximum Gasteiger partial charge on any atom is 0.211 e. The minimum atomic E-state index is -3.19. The zero-order valence-electron chi connectivity index (χ0n) is 16.4. The zero-order chi connectivity index (χ0) is 20.6. The van der Waals surface area contributed by atoms with E-state index in [4.69, 9.17) is 0 Å². The fourth-order valence-electron chi connectivity index (χ4n) is 3.75. The van der Waals surface area contributed by atoms with E-state index < -0.39 is 10.0 Å². The van der Waals surface area contributed by atoms with Crippen molar-refractivity contribution >= 4 is 26.7 Å². The molecule has 0 radical (unpaired) electrons. The summed E-state index contributed by atoms with van der Waals surface area (Å²) in [5.74, 6) is 0.420. The zero-order valence-corrected chi connectivity index (χ0v) is 17.3. The number of rotatable bonds is 5. The first-order valence-corrected chi connectivity index (χ1v) is 11.4. The Labute approximate surface area is 169 Å². The molecule has 9 heteroatoms. The quantitative estimate of drug-likeness (QED) is 0.633. The molecular formula is C20H23N5O3S. The van der Waals surface area contributed by atoms with E-state index in [1.165, 1.54) is 10.6 Å². The van der Waals surface area contributed by atoms with Crippen molar-refractivity contribution in [2.45, 2.75) is 19.3 Å². The van der Waals surface area contributed by atoms with Gasteiger partial charge in [0, 0.05) is 43.2 Å². The number of nitrogens with zero attached hydrogens (tertiary/aromatic N) is 5. The van der Waals surface area contributed by atoms with Crippen molar-refractivity contribution in [3.05, 3.63) is 42.7 Å². The molecule has 1 aliphatic heterocycles. The van der Waals surface area contributed by atoms with Crippen LogP contribution in [-0.4, -0.2) is 57.4 Å². The van der Waals surface area contributed by atoms with Crippen molar-refractivity contribution in [1.29, 1.82) is 0 Å². The van der Waals surface area contributed by atoms with Crippen molar-refractivity contribution in [2.24, 2.45) is 13.0 Å². The van der Waals surface area contributed by atoms with Crippen LogP contribution in [0.5, 0.6) is 0 Å². The average molecular weight is 414 g/mol. The Kier molecular flexibility index (Phi) is 5.18. The van der Waals surface area contributed by atoms with Crippen LogP contribution in [0, 0.1) is 5.92 Å². The van der Waals surface area contributed by atoms with Crippen LogP contribution in [0.1, 0.15) is 18.7 Å². The molecule has 1 saturated heterocycles. The Bertz CT molecular complexity index is 1160. The Morgan fingerprint density at radius 2 is 1.97 bits per heavy atom. The SMILES string of the molecule is Cn1cncc1-c1ccc2cnc(CC(=O)C3CCN(S(C)(=O)=O)CC3)nc2c1. The molecule has 0 unspecified atom stereocenters. The number of carbonyl (C=O) groups is 1. The molecule has 8 nitrogen and oxygen atoms in total. The number of sulfonamides is 1. The normalized spacial score (nSPS) is 16.3. The van der Waals surface area contributed by atoms with Crippen LogP contribution in [0.15, 0.2) is 36.9 Å². The molecule has 1 aromatic carbocycles. The van der Waals surface area contributed by atoms with E-state index in [0.717, 1.165) is 22.2 Å². The molecule has 0 spiro atoms. The number of benzene rings is 1. The smallest absolute Gasteiger partial charge is 0.211 e. The number of aryl methyl sites for hydroxylation is 1. The van der Waals surface area contributed by atoms with Gasteiger partial charge in [0.1, 0.15) is 11.6 Å². The molecule has 3 aromatic rings. The number of hydrogen-bond donors (Lipinski definition) is 0. The Balaban J connectivity index is 1.49.